The molecule has 9 heteroatoms. The van der Waals surface area contributed by atoms with Gasteiger partial charge in [0.15, 0.2) is 0 Å². The smallest absolute Gasteiger partial charge is 0.309 e. The van der Waals surface area contributed by atoms with Crippen molar-refractivity contribution >= 4 is 51.8 Å². The van der Waals surface area contributed by atoms with E-state index in [0.29, 0.717) is 48.1 Å². The highest BCUT2D eigenvalue weighted by Crippen LogP contribution is 2.42. The molecule has 1 fully saturated rings. The maximum absolute atomic E-state index is 15.6. The Balaban J connectivity index is 1.37. The van der Waals surface area contributed by atoms with Gasteiger partial charge in [-0.1, -0.05) is 23.2 Å². The minimum atomic E-state index is -1.40. The van der Waals surface area contributed by atoms with E-state index >= 15 is 4.39 Å². The average molecular weight is 552 g/mol. The number of piperidine rings is 1. The van der Waals surface area contributed by atoms with Crippen LogP contribution in [0.15, 0.2) is 53.6 Å². The van der Waals surface area contributed by atoms with Crippen LogP contribution in [0.3, 0.4) is 0 Å². The van der Waals surface area contributed by atoms with Crippen molar-refractivity contribution in [1.29, 1.82) is 0 Å². The molecule has 5 nitrogen and oxygen atoms in total. The predicted molar refractivity (Wildman–Crippen MR) is 144 cm³/mol. The molecule has 0 aliphatic carbocycles. The van der Waals surface area contributed by atoms with E-state index in [9.17, 15) is 9.90 Å². The quantitative estimate of drug-likeness (QED) is 0.267. The molecule has 0 saturated carbocycles. The predicted octanol–water partition coefficient (Wildman–Crippen LogP) is 7.30. The van der Waals surface area contributed by atoms with Crippen molar-refractivity contribution in [2.24, 2.45) is 5.41 Å². The second-order valence-electron chi connectivity index (χ2n) is 9.14. The Hall–Kier alpha value is -2.06. The summed E-state index contributed by atoms with van der Waals surface area (Å²) in [4.78, 5) is 20.0. The summed E-state index contributed by atoms with van der Waals surface area (Å²) in [5.41, 5.74) is 0.0327. The molecule has 0 radical (unpaired) electrons. The fourth-order valence-electron chi connectivity index (χ4n) is 4.76. The molecule has 1 aromatic heterocycles. The summed E-state index contributed by atoms with van der Waals surface area (Å²) < 4.78 is 20.9. The van der Waals surface area contributed by atoms with Crippen LogP contribution in [0.5, 0.6) is 5.75 Å². The lowest BCUT2D eigenvalue weighted by Crippen LogP contribution is -2.45. The van der Waals surface area contributed by atoms with Gasteiger partial charge in [-0.05, 0) is 81.2 Å². The molecule has 36 heavy (non-hydrogen) atoms. The van der Waals surface area contributed by atoms with Crippen LogP contribution >= 0.6 is 35.0 Å². The van der Waals surface area contributed by atoms with Crippen molar-refractivity contribution in [2.45, 2.75) is 36.8 Å². The highest BCUT2D eigenvalue weighted by atomic mass is 35.5. The van der Waals surface area contributed by atoms with Crippen LogP contribution in [0.1, 0.15) is 37.4 Å². The number of carboxylic acid groups (broad SMARTS) is 1. The van der Waals surface area contributed by atoms with Crippen molar-refractivity contribution in [2.75, 3.05) is 32.5 Å². The van der Waals surface area contributed by atoms with Gasteiger partial charge in [0.2, 0.25) is 0 Å². The minimum absolute atomic E-state index is 0.0781. The highest BCUT2D eigenvalue weighted by Gasteiger charge is 2.41. The van der Waals surface area contributed by atoms with Gasteiger partial charge in [0.1, 0.15) is 11.9 Å². The van der Waals surface area contributed by atoms with Gasteiger partial charge < -0.3 is 14.7 Å². The van der Waals surface area contributed by atoms with Crippen LogP contribution < -0.4 is 4.74 Å². The molecule has 0 amide bonds. The van der Waals surface area contributed by atoms with Gasteiger partial charge in [-0.15, -0.1) is 11.8 Å². The fourth-order valence-corrected chi connectivity index (χ4v) is 6.07. The molecule has 0 unspecified atom stereocenters. The van der Waals surface area contributed by atoms with E-state index in [1.165, 1.54) is 6.20 Å². The molecule has 192 valence electrons. The number of benzene rings is 2. The minimum Gasteiger partial charge on any atom is -0.497 e. The SMILES string of the molecule is COc1ccc2ncc(Cl)c([C@H](F)CCC3(C(=O)O)CCN(CCSc4ccc(Cl)cc4)CC3)c2c1. The number of hydrogen-bond acceptors (Lipinski definition) is 5. The van der Waals surface area contributed by atoms with Crippen LogP contribution in [-0.2, 0) is 4.79 Å². The second kappa shape index (κ2) is 12.0. The summed E-state index contributed by atoms with van der Waals surface area (Å²) in [6, 6.07) is 13.0. The van der Waals surface area contributed by atoms with Crippen molar-refractivity contribution < 1.29 is 19.0 Å². The Bertz CT molecular complexity index is 1200. The number of thioether (sulfide) groups is 1. The number of carbonyl (C=O) groups is 1. The van der Waals surface area contributed by atoms with E-state index in [-0.39, 0.29) is 17.9 Å². The van der Waals surface area contributed by atoms with Crippen LogP contribution in [-0.4, -0.2) is 53.5 Å². The van der Waals surface area contributed by atoms with E-state index in [1.807, 2.05) is 24.3 Å². The molecular formula is C27H29Cl2FN2O3S. The van der Waals surface area contributed by atoms with Gasteiger partial charge in [-0.25, -0.2) is 4.39 Å². The zero-order valence-corrected chi connectivity index (χ0v) is 22.4. The number of aromatic nitrogens is 1. The molecule has 3 aromatic rings. The molecule has 1 aliphatic heterocycles. The van der Waals surface area contributed by atoms with Crippen molar-refractivity contribution in [3.8, 4) is 5.75 Å². The maximum atomic E-state index is 15.6. The molecule has 1 saturated heterocycles. The van der Waals surface area contributed by atoms with Gasteiger partial charge in [-0.2, -0.15) is 0 Å². The maximum Gasteiger partial charge on any atom is 0.309 e. The van der Waals surface area contributed by atoms with Crippen molar-refractivity contribution in [1.82, 2.24) is 9.88 Å². The summed E-state index contributed by atoms with van der Waals surface area (Å²) in [7, 11) is 1.55. The normalized spacial score (nSPS) is 16.7. The Labute approximate surface area is 224 Å². The van der Waals surface area contributed by atoms with Crippen LogP contribution in [0, 0.1) is 5.41 Å². The molecule has 0 bridgehead atoms. The number of aliphatic carboxylic acids is 1. The third-order valence-electron chi connectivity index (χ3n) is 7.01. The fraction of sp³-hybridized carbons (Fsp3) is 0.407. The Morgan fingerprint density at radius 2 is 1.94 bits per heavy atom. The third kappa shape index (κ3) is 6.25. The number of halogens is 3. The molecule has 2 heterocycles. The first-order valence-electron chi connectivity index (χ1n) is 11.9. The van der Waals surface area contributed by atoms with E-state index in [4.69, 9.17) is 27.9 Å². The Kier molecular flexibility index (Phi) is 8.99. The number of hydrogen-bond donors (Lipinski definition) is 1. The first kappa shape index (κ1) is 27.0. The van der Waals surface area contributed by atoms with Gasteiger partial charge in [0, 0.05) is 39.4 Å². The zero-order valence-electron chi connectivity index (χ0n) is 20.1. The van der Waals surface area contributed by atoms with E-state index in [2.05, 4.69) is 9.88 Å². The first-order chi connectivity index (χ1) is 17.3. The zero-order chi connectivity index (χ0) is 25.7. The topological polar surface area (TPSA) is 62.7 Å². The summed E-state index contributed by atoms with van der Waals surface area (Å²) >= 11 is 14.1. The summed E-state index contributed by atoms with van der Waals surface area (Å²) in [6.45, 7) is 2.23. The van der Waals surface area contributed by atoms with Gasteiger partial charge in [0.05, 0.1) is 23.1 Å². The number of nitrogens with zero attached hydrogens (tertiary/aromatic N) is 2. The summed E-state index contributed by atoms with van der Waals surface area (Å²) in [6.07, 6.45) is 1.38. The number of carboxylic acids is 1. The van der Waals surface area contributed by atoms with Gasteiger partial charge in [-0.3, -0.25) is 9.78 Å². The van der Waals surface area contributed by atoms with E-state index in [1.54, 1.807) is 37.1 Å². The van der Waals surface area contributed by atoms with Gasteiger partial charge in [0.25, 0.3) is 0 Å². The number of ether oxygens (including phenoxy) is 1. The summed E-state index contributed by atoms with van der Waals surface area (Å²) in [5, 5.41) is 11.6. The first-order valence-corrected chi connectivity index (χ1v) is 13.7. The number of fused-ring (bicyclic) bond motifs is 1. The molecule has 2 aromatic carbocycles. The Morgan fingerprint density at radius 3 is 2.61 bits per heavy atom. The standard InChI is InChI=1S/C27H29Cl2FN2O3S/c1-35-19-4-7-24-21(16-19)25(22(29)17-31-24)23(30)8-9-27(26(33)34)10-12-32(13-11-27)14-15-36-20-5-2-18(28)3-6-20/h2-7,16-17,23H,8-15H2,1H3,(H,33,34)/t23-/m1/s1. The molecule has 4 rings (SSSR count). The second-order valence-corrected chi connectivity index (χ2v) is 11.2. The number of rotatable bonds is 10. The molecule has 1 aliphatic rings. The number of methoxy groups -OCH3 is 1. The Morgan fingerprint density at radius 1 is 1.22 bits per heavy atom. The average Bonchev–Trinajstić information content (AvgIpc) is 2.88. The van der Waals surface area contributed by atoms with Crippen LogP contribution in [0.25, 0.3) is 10.9 Å². The molecule has 1 N–H and O–H groups in total. The van der Waals surface area contributed by atoms with Crippen LogP contribution in [0.2, 0.25) is 10.0 Å². The largest absolute Gasteiger partial charge is 0.497 e. The molecular weight excluding hydrogens is 522 g/mol. The lowest BCUT2D eigenvalue weighted by Gasteiger charge is -2.39. The lowest BCUT2D eigenvalue weighted by molar-refractivity contribution is -0.153. The lowest BCUT2D eigenvalue weighted by atomic mass is 9.74. The molecule has 1 atom stereocenters. The monoisotopic (exact) mass is 550 g/mol. The third-order valence-corrected chi connectivity index (χ3v) is 8.56. The van der Waals surface area contributed by atoms with Crippen molar-refractivity contribution in [3.05, 3.63) is 64.3 Å². The van der Waals surface area contributed by atoms with Crippen LogP contribution in [0.4, 0.5) is 4.39 Å². The van der Waals surface area contributed by atoms with E-state index < -0.39 is 17.6 Å². The van der Waals surface area contributed by atoms with Crippen molar-refractivity contribution in [3.63, 3.8) is 0 Å². The van der Waals surface area contributed by atoms with Gasteiger partial charge >= 0.3 is 5.97 Å². The highest BCUT2D eigenvalue weighted by molar-refractivity contribution is 7.99. The number of pyridine rings is 1. The number of likely N-dealkylation sites (tertiary alicyclic amines) is 1. The molecule has 0 spiro atoms. The summed E-state index contributed by atoms with van der Waals surface area (Å²) in [5.74, 6) is 0.645. The van der Waals surface area contributed by atoms with E-state index in [0.717, 1.165) is 22.2 Å². The number of alkyl halides is 1.